The predicted molar refractivity (Wildman–Crippen MR) is 116 cm³/mol. The number of piperidine rings is 1. The second-order valence-corrected chi connectivity index (χ2v) is 8.88. The van der Waals surface area contributed by atoms with Gasteiger partial charge in [0.15, 0.2) is 0 Å². The molecule has 2 aliphatic heterocycles. The van der Waals surface area contributed by atoms with Crippen LogP contribution in [0.2, 0.25) is 0 Å². The molecular formula is C24H31N3O2. The fraction of sp³-hybridized carbons (Fsp3) is 0.500. The lowest BCUT2D eigenvalue weighted by atomic mass is 9.92. The summed E-state index contributed by atoms with van der Waals surface area (Å²) in [6.07, 6.45) is 1.21. The average molecular weight is 394 g/mol. The number of benzene rings is 2. The van der Waals surface area contributed by atoms with Gasteiger partial charge in [0, 0.05) is 44.8 Å². The Hall–Kier alpha value is -2.40. The maximum Gasteiger partial charge on any atom is 0.253 e. The Morgan fingerprint density at radius 1 is 0.862 bits per heavy atom. The summed E-state index contributed by atoms with van der Waals surface area (Å²) in [7, 11) is 0. The van der Waals surface area contributed by atoms with Gasteiger partial charge in [-0.1, -0.05) is 44.2 Å². The van der Waals surface area contributed by atoms with Crippen molar-refractivity contribution in [1.82, 2.24) is 14.7 Å². The van der Waals surface area contributed by atoms with Crippen LogP contribution in [0.25, 0.3) is 10.8 Å². The highest BCUT2D eigenvalue weighted by Gasteiger charge is 2.28. The fourth-order valence-corrected chi connectivity index (χ4v) is 4.77. The Kier molecular flexibility index (Phi) is 5.86. The Labute approximate surface area is 173 Å². The molecule has 0 saturated carbocycles. The molecule has 29 heavy (non-hydrogen) atoms. The largest absolute Gasteiger partial charge is 0.341 e. The number of hydrogen-bond acceptors (Lipinski definition) is 3. The Balaban J connectivity index is 1.31. The monoisotopic (exact) mass is 393 g/mol. The van der Waals surface area contributed by atoms with E-state index in [9.17, 15) is 9.59 Å². The van der Waals surface area contributed by atoms with E-state index in [0.29, 0.717) is 31.5 Å². The molecule has 0 spiro atoms. The molecule has 2 aromatic carbocycles. The van der Waals surface area contributed by atoms with Gasteiger partial charge in [0.25, 0.3) is 5.91 Å². The summed E-state index contributed by atoms with van der Waals surface area (Å²) < 4.78 is 0. The van der Waals surface area contributed by atoms with Gasteiger partial charge in [0.2, 0.25) is 5.91 Å². The smallest absolute Gasteiger partial charge is 0.253 e. The molecule has 2 heterocycles. The summed E-state index contributed by atoms with van der Waals surface area (Å²) in [5.74, 6) is 1.48. The SMILES string of the molecule is C[C@@H]1C[C@H](C)CN(C(=O)CN2CCN(C(=O)c3ccc4ccccc4c3)CC2)C1. The number of amides is 2. The number of rotatable bonds is 3. The van der Waals surface area contributed by atoms with Gasteiger partial charge in [-0.2, -0.15) is 0 Å². The van der Waals surface area contributed by atoms with E-state index in [2.05, 4.69) is 24.8 Å². The topological polar surface area (TPSA) is 43.9 Å². The quantitative estimate of drug-likeness (QED) is 0.805. The van der Waals surface area contributed by atoms with Crippen LogP contribution in [0.4, 0.5) is 0 Å². The lowest BCUT2D eigenvalue weighted by Crippen LogP contribution is -2.53. The van der Waals surface area contributed by atoms with E-state index in [1.165, 1.54) is 6.42 Å². The molecule has 0 unspecified atom stereocenters. The van der Waals surface area contributed by atoms with Crippen molar-refractivity contribution in [3.63, 3.8) is 0 Å². The van der Waals surface area contributed by atoms with Gasteiger partial charge in [-0.05, 0) is 41.2 Å². The summed E-state index contributed by atoms with van der Waals surface area (Å²) in [6, 6.07) is 14.0. The van der Waals surface area contributed by atoms with Crippen molar-refractivity contribution in [1.29, 1.82) is 0 Å². The number of nitrogens with zero attached hydrogens (tertiary/aromatic N) is 3. The van der Waals surface area contributed by atoms with Gasteiger partial charge in [-0.3, -0.25) is 14.5 Å². The van der Waals surface area contributed by atoms with Gasteiger partial charge in [0.05, 0.1) is 6.54 Å². The molecule has 4 rings (SSSR count). The minimum Gasteiger partial charge on any atom is -0.341 e. The van der Waals surface area contributed by atoms with E-state index in [1.54, 1.807) is 0 Å². The van der Waals surface area contributed by atoms with E-state index in [0.717, 1.165) is 42.5 Å². The molecule has 0 radical (unpaired) electrons. The molecule has 0 bridgehead atoms. The number of carbonyl (C=O) groups excluding carboxylic acids is 2. The minimum atomic E-state index is 0.0837. The maximum atomic E-state index is 12.9. The van der Waals surface area contributed by atoms with Crippen molar-refractivity contribution in [2.24, 2.45) is 11.8 Å². The molecule has 0 N–H and O–H groups in total. The van der Waals surface area contributed by atoms with Gasteiger partial charge in [-0.15, -0.1) is 0 Å². The first-order valence-corrected chi connectivity index (χ1v) is 10.8. The predicted octanol–water partition coefficient (Wildman–Crippen LogP) is 3.10. The molecule has 0 aliphatic carbocycles. The van der Waals surface area contributed by atoms with Crippen LogP contribution in [0.5, 0.6) is 0 Å². The molecule has 2 atom stereocenters. The average Bonchev–Trinajstić information content (AvgIpc) is 2.72. The third kappa shape index (κ3) is 4.61. The molecule has 0 aromatic heterocycles. The summed E-state index contributed by atoms with van der Waals surface area (Å²) in [6.45, 7) is 9.54. The molecule has 2 amide bonds. The molecule has 5 heteroatoms. The van der Waals surface area contributed by atoms with Gasteiger partial charge in [0.1, 0.15) is 0 Å². The highest BCUT2D eigenvalue weighted by Crippen LogP contribution is 2.21. The van der Waals surface area contributed by atoms with Crippen molar-refractivity contribution >= 4 is 22.6 Å². The zero-order valence-electron chi connectivity index (χ0n) is 17.5. The molecular weight excluding hydrogens is 362 g/mol. The van der Waals surface area contributed by atoms with Crippen molar-refractivity contribution in [3.05, 3.63) is 48.0 Å². The molecule has 2 aliphatic rings. The summed E-state index contributed by atoms with van der Waals surface area (Å²) >= 11 is 0. The van der Waals surface area contributed by atoms with Crippen LogP contribution >= 0.6 is 0 Å². The lowest BCUT2D eigenvalue weighted by molar-refractivity contribution is -0.135. The van der Waals surface area contributed by atoms with Crippen LogP contribution in [0, 0.1) is 11.8 Å². The van der Waals surface area contributed by atoms with E-state index < -0.39 is 0 Å². The highest BCUT2D eigenvalue weighted by atomic mass is 16.2. The fourth-order valence-electron chi connectivity index (χ4n) is 4.77. The first kappa shape index (κ1) is 19.9. The van der Waals surface area contributed by atoms with E-state index in [-0.39, 0.29) is 11.8 Å². The third-order valence-electron chi connectivity index (χ3n) is 6.24. The van der Waals surface area contributed by atoms with Gasteiger partial charge >= 0.3 is 0 Å². The third-order valence-corrected chi connectivity index (χ3v) is 6.24. The summed E-state index contributed by atoms with van der Waals surface area (Å²) in [5.41, 5.74) is 0.740. The first-order valence-electron chi connectivity index (χ1n) is 10.8. The van der Waals surface area contributed by atoms with Gasteiger partial charge < -0.3 is 9.80 Å². The molecule has 2 fully saturated rings. The number of carbonyl (C=O) groups is 2. The molecule has 2 aromatic rings. The van der Waals surface area contributed by atoms with Crippen LogP contribution in [0.3, 0.4) is 0 Å². The summed E-state index contributed by atoms with van der Waals surface area (Å²) in [4.78, 5) is 31.8. The Bertz CT molecular complexity index is 879. The maximum absolute atomic E-state index is 12.9. The number of piperazine rings is 1. The molecule has 2 saturated heterocycles. The van der Waals surface area contributed by atoms with Crippen molar-refractivity contribution in [2.75, 3.05) is 45.8 Å². The number of likely N-dealkylation sites (tertiary alicyclic amines) is 1. The lowest BCUT2D eigenvalue weighted by Gasteiger charge is -2.38. The van der Waals surface area contributed by atoms with Crippen LogP contribution in [-0.4, -0.2) is 72.3 Å². The highest BCUT2D eigenvalue weighted by molar-refractivity contribution is 5.98. The number of hydrogen-bond donors (Lipinski definition) is 0. The normalized spacial score (nSPS) is 23.4. The van der Waals surface area contributed by atoms with Crippen LogP contribution < -0.4 is 0 Å². The van der Waals surface area contributed by atoms with E-state index >= 15 is 0 Å². The van der Waals surface area contributed by atoms with Gasteiger partial charge in [-0.25, -0.2) is 0 Å². The Morgan fingerprint density at radius 2 is 1.52 bits per heavy atom. The van der Waals surface area contributed by atoms with Crippen LogP contribution in [0.15, 0.2) is 42.5 Å². The van der Waals surface area contributed by atoms with Crippen LogP contribution in [-0.2, 0) is 4.79 Å². The second-order valence-electron chi connectivity index (χ2n) is 8.88. The zero-order chi connectivity index (χ0) is 20.4. The standard InChI is InChI=1S/C24H31N3O2/c1-18-13-19(2)16-27(15-18)23(28)17-25-9-11-26(12-10-25)24(29)22-8-7-20-5-3-4-6-21(20)14-22/h3-8,14,18-19H,9-13,15-17H2,1-2H3/t18-,19+. The van der Waals surface area contributed by atoms with Crippen molar-refractivity contribution < 1.29 is 9.59 Å². The second kappa shape index (κ2) is 8.54. The molecule has 5 nitrogen and oxygen atoms in total. The molecule has 154 valence electrons. The van der Waals surface area contributed by atoms with E-state index in [1.807, 2.05) is 46.2 Å². The Morgan fingerprint density at radius 3 is 2.21 bits per heavy atom. The minimum absolute atomic E-state index is 0.0837. The number of fused-ring (bicyclic) bond motifs is 1. The van der Waals surface area contributed by atoms with Crippen LogP contribution in [0.1, 0.15) is 30.6 Å². The zero-order valence-corrected chi connectivity index (χ0v) is 17.5. The van der Waals surface area contributed by atoms with Crippen molar-refractivity contribution in [2.45, 2.75) is 20.3 Å². The first-order chi connectivity index (χ1) is 14.0. The van der Waals surface area contributed by atoms with Crippen molar-refractivity contribution in [3.8, 4) is 0 Å². The van der Waals surface area contributed by atoms with E-state index in [4.69, 9.17) is 0 Å². The summed E-state index contributed by atoms with van der Waals surface area (Å²) in [5, 5.41) is 2.24.